The van der Waals surface area contributed by atoms with Crippen molar-refractivity contribution in [3.63, 3.8) is 0 Å². The van der Waals surface area contributed by atoms with Gasteiger partial charge in [0.1, 0.15) is 11.9 Å². The lowest BCUT2D eigenvalue weighted by Gasteiger charge is -2.42. The van der Waals surface area contributed by atoms with E-state index in [9.17, 15) is 4.79 Å². The SMILES string of the molecule is Cc1ccc(C(C)N2[C@@H]3CC[C@H]2CC(Oc2cccc(C(N)=O)c2)C3)s1. The third-order valence-electron chi connectivity index (χ3n) is 5.79. The van der Waals surface area contributed by atoms with E-state index >= 15 is 0 Å². The van der Waals surface area contributed by atoms with Gasteiger partial charge in [-0.25, -0.2) is 0 Å². The predicted molar refractivity (Wildman–Crippen MR) is 105 cm³/mol. The third kappa shape index (κ3) is 3.38. The summed E-state index contributed by atoms with van der Waals surface area (Å²) in [4.78, 5) is 16.9. The van der Waals surface area contributed by atoms with Crippen molar-refractivity contribution >= 4 is 17.2 Å². The van der Waals surface area contributed by atoms with E-state index in [0.717, 1.165) is 18.6 Å². The van der Waals surface area contributed by atoms with Gasteiger partial charge >= 0.3 is 0 Å². The molecule has 2 saturated heterocycles. The summed E-state index contributed by atoms with van der Waals surface area (Å²) in [6, 6.07) is 13.4. The quantitative estimate of drug-likeness (QED) is 0.854. The standard InChI is InChI=1S/C21H26N2O2S/c1-13-6-9-20(26-13)14(2)23-16-7-8-17(23)12-19(11-16)25-18-5-3-4-15(10-18)21(22)24/h3-6,9-10,14,16-17,19H,7-8,11-12H2,1-2H3,(H2,22,24)/t14?,16-,17+,19?. The van der Waals surface area contributed by atoms with Gasteiger partial charge in [-0.3, -0.25) is 9.69 Å². The van der Waals surface area contributed by atoms with Crippen molar-refractivity contribution in [1.82, 2.24) is 4.90 Å². The van der Waals surface area contributed by atoms with Crippen molar-refractivity contribution in [1.29, 1.82) is 0 Å². The monoisotopic (exact) mass is 370 g/mol. The second kappa shape index (κ2) is 7.05. The Morgan fingerprint density at radius 1 is 1.23 bits per heavy atom. The smallest absolute Gasteiger partial charge is 0.248 e. The van der Waals surface area contributed by atoms with Crippen LogP contribution in [0.4, 0.5) is 0 Å². The Morgan fingerprint density at radius 3 is 2.58 bits per heavy atom. The zero-order valence-electron chi connectivity index (χ0n) is 15.4. The summed E-state index contributed by atoms with van der Waals surface area (Å²) in [6.07, 6.45) is 4.81. The van der Waals surface area contributed by atoms with E-state index in [4.69, 9.17) is 10.5 Å². The molecule has 2 aliphatic heterocycles. The number of carbonyl (C=O) groups is 1. The van der Waals surface area contributed by atoms with Gasteiger partial charge in [-0.1, -0.05) is 6.07 Å². The van der Waals surface area contributed by atoms with Crippen LogP contribution in [0.15, 0.2) is 36.4 Å². The number of aryl methyl sites for hydroxylation is 1. The number of hydrogen-bond acceptors (Lipinski definition) is 4. The van der Waals surface area contributed by atoms with Crippen LogP contribution in [0.1, 0.15) is 58.8 Å². The highest BCUT2D eigenvalue weighted by Crippen LogP contribution is 2.43. The Labute approximate surface area is 159 Å². The summed E-state index contributed by atoms with van der Waals surface area (Å²) in [6.45, 7) is 4.52. The number of nitrogens with two attached hydrogens (primary N) is 1. The van der Waals surface area contributed by atoms with Crippen LogP contribution in [0.5, 0.6) is 5.75 Å². The normalized spacial score (nSPS) is 26.6. The molecule has 1 aromatic heterocycles. The minimum absolute atomic E-state index is 0.212. The van der Waals surface area contributed by atoms with Crippen LogP contribution in [-0.2, 0) is 0 Å². The lowest BCUT2D eigenvalue weighted by molar-refractivity contribution is 0.0263. The molecule has 2 bridgehead atoms. The molecule has 0 saturated carbocycles. The van der Waals surface area contributed by atoms with Gasteiger partial charge in [0, 0.05) is 33.4 Å². The van der Waals surface area contributed by atoms with E-state index in [0.29, 0.717) is 23.7 Å². The van der Waals surface area contributed by atoms with Gasteiger partial charge in [-0.2, -0.15) is 0 Å². The minimum Gasteiger partial charge on any atom is -0.490 e. The first-order valence-electron chi connectivity index (χ1n) is 9.41. The molecule has 2 N–H and O–H groups in total. The fourth-order valence-corrected chi connectivity index (χ4v) is 5.57. The largest absolute Gasteiger partial charge is 0.490 e. The summed E-state index contributed by atoms with van der Waals surface area (Å²) in [7, 11) is 0. The fraction of sp³-hybridized carbons (Fsp3) is 0.476. The molecule has 4 rings (SSSR count). The van der Waals surface area contributed by atoms with E-state index in [1.165, 1.54) is 22.6 Å². The maximum atomic E-state index is 11.4. The third-order valence-corrected chi connectivity index (χ3v) is 6.96. The molecule has 26 heavy (non-hydrogen) atoms. The number of benzene rings is 1. The van der Waals surface area contributed by atoms with Crippen LogP contribution in [0.2, 0.25) is 0 Å². The number of hydrogen-bond donors (Lipinski definition) is 1. The van der Waals surface area contributed by atoms with E-state index in [1.807, 2.05) is 23.5 Å². The molecule has 4 nitrogen and oxygen atoms in total. The molecule has 1 amide bonds. The van der Waals surface area contributed by atoms with E-state index < -0.39 is 5.91 Å². The molecule has 138 valence electrons. The van der Waals surface area contributed by atoms with Crippen LogP contribution < -0.4 is 10.5 Å². The lowest BCUT2D eigenvalue weighted by Crippen LogP contribution is -2.47. The number of fused-ring (bicyclic) bond motifs is 2. The molecule has 0 radical (unpaired) electrons. The van der Waals surface area contributed by atoms with Gasteiger partial charge in [0.25, 0.3) is 0 Å². The molecular formula is C21H26N2O2S. The van der Waals surface area contributed by atoms with Crippen LogP contribution in [0, 0.1) is 6.92 Å². The van der Waals surface area contributed by atoms with Crippen molar-refractivity contribution in [3.05, 3.63) is 51.7 Å². The molecule has 5 heteroatoms. The first-order chi connectivity index (χ1) is 12.5. The topological polar surface area (TPSA) is 55.6 Å². The summed E-state index contributed by atoms with van der Waals surface area (Å²) in [5.41, 5.74) is 5.88. The number of thiophene rings is 1. The predicted octanol–water partition coefficient (Wildman–Crippen LogP) is 4.29. The molecule has 2 aliphatic rings. The molecule has 2 aromatic rings. The van der Waals surface area contributed by atoms with Crippen molar-refractivity contribution in [2.45, 2.75) is 63.8 Å². The van der Waals surface area contributed by atoms with E-state index in [1.54, 1.807) is 12.1 Å². The summed E-state index contributed by atoms with van der Waals surface area (Å²) >= 11 is 1.91. The van der Waals surface area contributed by atoms with Crippen molar-refractivity contribution < 1.29 is 9.53 Å². The van der Waals surface area contributed by atoms with Crippen LogP contribution in [-0.4, -0.2) is 29.0 Å². The Bertz CT molecular complexity index is 789. The second-order valence-electron chi connectivity index (χ2n) is 7.56. The molecular weight excluding hydrogens is 344 g/mol. The highest BCUT2D eigenvalue weighted by molar-refractivity contribution is 7.12. The number of amides is 1. The number of primary amides is 1. The van der Waals surface area contributed by atoms with Crippen molar-refractivity contribution in [3.8, 4) is 5.75 Å². The highest BCUT2D eigenvalue weighted by atomic mass is 32.1. The van der Waals surface area contributed by atoms with Gasteiger partial charge in [0.2, 0.25) is 5.91 Å². The number of ether oxygens (including phenoxy) is 1. The second-order valence-corrected chi connectivity index (χ2v) is 8.88. The average molecular weight is 371 g/mol. The average Bonchev–Trinajstić information content (AvgIpc) is 3.16. The molecule has 2 unspecified atom stereocenters. The maximum absolute atomic E-state index is 11.4. The fourth-order valence-electron chi connectivity index (χ4n) is 4.63. The maximum Gasteiger partial charge on any atom is 0.248 e. The Balaban J connectivity index is 1.45. The van der Waals surface area contributed by atoms with Gasteiger partial charge in [-0.15, -0.1) is 11.3 Å². The van der Waals surface area contributed by atoms with Gasteiger partial charge < -0.3 is 10.5 Å². The molecule has 0 spiro atoms. The number of piperidine rings is 1. The van der Waals surface area contributed by atoms with Crippen molar-refractivity contribution in [2.75, 3.05) is 0 Å². The molecule has 4 atom stereocenters. The molecule has 3 heterocycles. The molecule has 0 aliphatic carbocycles. The number of rotatable bonds is 5. The Kier molecular flexibility index (Phi) is 4.76. The Hall–Kier alpha value is -1.85. The van der Waals surface area contributed by atoms with Crippen LogP contribution >= 0.6 is 11.3 Å². The van der Waals surface area contributed by atoms with Gasteiger partial charge in [0.15, 0.2) is 0 Å². The first kappa shape index (κ1) is 17.6. The van der Waals surface area contributed by atoms with Crippen LogP contribution in [0.25, 0.3) is 0 Å². The lowest BCUT2D eigenvalue weighted by atomic mass is 9.97. The number of carbonyl (C=O) groups excluding carboxylic acids is 1. The summed E-state index contributed by atoms with van der Waals surface area (Å²) < 4.78 is 6.23. The summed E-state index contributed by atoms with van der Waals surface area (Å²) in [5.74, 6) is 0.339. The van der Waals surface area contributed by atoms with E-state index in [-0.39, 0.29) is 6.10 Å². The Morgan fingerprint density at radius 2 is 1.96 bits per heavy atom. The minimum atomic E-state index is -0.412. The van der Waals surface area contributed by atoms with E-state index in [2.05, 4.69) is 30.9 Å². The molecule has 1 aromatic carbocycles. The zero-order valence-corrected chi connectivity index (χ0v) is 16.2. The summed E-state index contributed by atoms with van der Waals surface area (Å²) in [5, 5.41) is 0. The van der Waals surface area contributed by atoms with Gasteiger partial charge in [0.05, 0.1) is 0 Å². The highest BCUT2D eigenvalue weighted by Gasteiger charge is 2.44. The first-order valence-corrected chi connectivity index (χ1v) is 10.2. The molecule has 2 fully saturated rings. The van der Waals surface area contributed by atoms with Crippen LogP contribution in [0.3, 0.4) is 0 Å². The van der Waals surface area contributed by atoms with Gasteiger partial charge in [-0.05, 0) is 69.9 Å². The van der Waals surface area contributed by atoms with Crippen molar-refractivity contribution in [2.24, 2.45) is 5.73 Å². The zero-order chi connectivity index (χ0) is 18.3. The number of nitrogens with zero attached hydrogens (tertiary/aromatic N) is 1.